The van der Waals surface area contributed by atoms with Crippen molar-refractivity contribution >= 4 is 17.3 Å². The quantitative estimate of drug-likeness (QED) is 0.556. The van der Waals surface area contributed by atoms with Gasteiger partial charge in [0.05, 0.1) is 12.3 Å². The maximum Gasteiger partial charge on any atom is 0.274 e. The van der Waals surface area contributed by atoms with Crippen molar-refractivity contribution in [3.05, 3.63) is 53.9 Å². The number of rotatable bonds is 6. The number of nitrogen functional groups attached to an aromatic ring is 1. The zero-order chi connectivity index (χ0) is 15.1. The third-order valence-electron chi connectivity index (χ3n) is 3.00. The number of pyridine rings is 1. The van der Waals surface area contributed by atoms with E-state index >= 15 is 0 Å². The fourth-order valence-electron chi connectivity index (χ4n) is 1.90. The fraction of sp³-hybridized carbons (Fsp3) is 0.200. The third-order valence-corrected chi connectivity index (χ3v) is 3.00. The summed E-state index contributed by atoms with van der Waals surface area (Å²) in [4.78, 5) is 16.3. The molecule has 0 fully saturated rings. The number of nitrogens with one attached hydrogen (secondary N) is 2. The van der Waals surface area contributed by atoms with Crippen LogP contribution in [0.3, 0.4) is 0 Å². The van der Waals surface area contributed by atoms with Gasteiger partial charge < -0.3 is 15.5 Å². The molecule has 4 N–H and O–H groups in total. The van der Waals surface area contributed by atoms with Crippen molar-refractivity contribution in [3.63, 3.8) is 0 Å². The maximum absolute atomic E-state index is 12.2. The van der Waals surface area contributed by atoms with Crippen LogP contribution in [0, 0.1) is 0 Å². The summed E-state index contributed by atoms with van der Waals surface area (Å²) in [6.45, 7) is 0.595. The Morgan fingerprint density at radius 3 is 2.90 bits per heavy atom. The zero-order valence-corrected chi connectivity index (χ0v) is 11.8. The number of carbonyl (C=O) groups is 1. The Morgan fingerprint density at radius 2 is 2.14 bits per heavy atom. The number of nitrogens with zero attached hydrogens (tertiary/aromatic N) is 1. The van der Waals surface area contributed by atoms with E-state index in [2.05, 4.69) is 15.7 Å². The summed E-state index contributed by atoms with van der Waals surface area (Å²) in [5.74, 6) is 5.05. The van der Waals surface area contributed by atoms with Crippen LogP contribution in [0.2, 0.25) is 0 Å². The summed E-state index contributed by atoms with van der Waals surface area (Å²) >= 11 is 0. The molecule has 0 saturated carbocycles. The van der Waals surface area contributed by atoms with Crippen LogP contribution >= 0.6 is 0 Å². The molecule has 1 heterocycles. The van der Waals surface area contributed by atoms with Crippen molar-refractivity contribution in [1.29, 1.82) is 0 Å². The lowest BCUT2D eigenvalue weighted by molar-refractivity contribution is 0.102. The summed E-state index contributed by atoms with van der Waals surface area (Å²) in [7, 11) is 1.65. The highest BCUT2D eigenvalue weighted by Crippen LogP contribution is 2.17. The van der Waals surface area contributed by atoms with Crippen molar-refractivity contribution in [2.75, 3.05) is 24.5 Å². The van der Waals surface area contributed by atoms with Crippen LogP contribution in [0.25, 0.3) is 0 Å². The number of carbonyl (C=O) groups excluding carboxylic acids is 1. The highest BCUT2D eigenvalue weighted by Gasteiger charge is 2.10. The second-order valence-corrected chi connectivity index (χ2v) is 4.43. The van der Waals surface area contributed by atoms with Gasteiger partial charge in [-0.15, -0.1) is 0 Å². The van der Waals surface area contributed by atoms with Gasteiger partial charge in [0.1, 0.15) is 5.69 Å². The second kappa shape index (κ2) is 7.37. The molecule has 0 aliphatic carbocycles. The normalized spacial score (nSPS) is 10.2. The van der Waals surface area contributed by atoms with Crippen LogP contribution in [0.5, 0.6) is 0 Å². The van der Waals surface area contributed by atoms with Crippen molar-refractivity contribution < 1.29 is 9.53 Å². The number of anilines is 2. The summed E-state index contributed by atoms with van der Waals surface area (Å²) in [5, 5.41) is 2.86. The Balaban J connectivity index is 2.15. The number of methoxy groups -OCH3 is 1. The number of ether oxygens (including phenoxy) is 1. The SMILES string of the molecule is COCCc1ccccc1NC(=O)c1cc(NN)ccn1. The average molecular weight is 286 g/mol. The molecule has 1 aromatic heterocycles. The van der Waals surface area contributed by atoms with E-state index < -0.39 is 0 Å². The van der Waals surface area contributed by atoms with Crippen LogP contribution in [0.1, 0.15) is 16.1 Å². The number of aromatic nitrogens is 1. The number of para-hydroxylation sites is 1. The lowest BCUT2D eigenvalue weighted by Gasteiger charge is -2.11. The van der Waals surface area contributed by atoms with Crippen molar-refractivity contribution in [1.82, 2.24) is 4.98 Å². The molecule has 1 aromatic carbocycles. The van der Waals surface area contributed by atoms with Crippen molar-refractivity contribution in [2.45, 2.75) is 6.42 Å². The van der Waals surface area contributed by atoms with Crippen LogP contribution in [0.15, 0.2) is 42.6 Å². The molecule has 0 aliphatic heterocycles. The zero-order valence-electron chi connectivity index (χ0n) is 11.8. The van der Waals surface area contributed by atoms with E-state index in [4.69, 9.17) is 10.6 Å². The Labute approximate surface area is 123 Å². The largest absolute Gasteiger partial charge is 0.384 e. The van der Waals surface area contributed by atoms with Gasteiger partial charge in [-0.2, -0.15) is 0 Å². The Morgan fingerprint density at radius 1 is 1.33 bits per heavy atom. The molecule has 21 heavy (non-hydrogen) atoms. The third kappa shape index (κ3) is 4.01. The van der Waals surface area contributed by atoms with E-state index in [1.807, 2.05) is 24.3 Å². The first-order valence-electron chi connectivity index (χ1n) is 6.55. The average Bonchev–Trinajstić information content (AvgIpc) is 2.54. The van der Waals surface area contributed by atoms with E-state index in [1.165, 1.54) is 6.20 Å². The van der Waals surface area contributed by atoms with Gasteiger partial charge in [-0.05, 0) is 30.2 Å². The lowest BCUT2D eigenvalue weighted by atomic mass is 10.1. The van der Waals surface area contributed by atoms with Crippen molar-refractivity contribution in [3.8, 4) is 0 Å². The fourth-order valence-corrected chi connectivity index (χ4v) is 1.90. The lowest BCUT2D eigenvalue weighted by Crippen LogP contribution is -2.16. The summed E-state index contributed by atoms with van der Waals surface area (Å²) in [6.07, 6.45) is 2.26. The number of hydrogen-bond donors (Lipinski definition) is 3. The molecule has 6 heteroatoms. The Kier molecular flexibility index (Phi) is 5.25. The van der Waals surface area contributed by atoms with Gasteiger partial charge >= 0.3 is 0 Å². The minimum atomic E-state index is -0.281. The smallest absolute Gasteiger partial charge is 0.274 e. The van der Waals surface area contributed by atoms with E-state index in [9.17, 15) is 4.79 Å². The molecule has 0 atom stereocenters. The molecule has 0 saturated heterocycles. The number of hydrogen-bond acceptors (Lipinski definition) is 5. The number of benzene rings is 1. The van der Waals surface area contributed by atoms with Gasteiger partial charge in [0.15, 0.2) is 0 Å². The van der Waals surface area contributed by atoms with Crippen molar-refractivity contribution in [2.24, 2.45) is 5.84 Å². The van der Waals surface area contributed by atoms with Gasteiger partial charge in [0.25, 0.3) is 5.91 Å². The molecule has 2 aromatic rings. The molecule has 0 bridgehead atoms. The molecular weight excluding hydrogens is 268 g/mol. The molecule has 0 radical (unpaired) electrons. The van der Waals surface area contributed by atoms with Crippen LogP contribution in [-0.4, -0.2) is 24.6 Å². The highest BCUT2D eigenvalue weighted by molar-refractivity contribution is 6.03. The molecule has 6 nitrogen and oxygen atoms in total. The minimum absolute atomic E-state index is 0.281. The van der Waals surface area contributed by atoms with E-state index in [1.54, 1.807) is 19.2 Å². The topological polar surface area (TPSA) is 89.3 Å². The van der Waals surface area contributed by atoms with E-state index in [0.29, 0.717) is 18.0 Å². The van der Waals surface area contributed by atoms with Crippen LogP contribution < -0.4 is 16.6 Å². The summed E-state index contributed by atoms with van der Waals surface area (Å²) in [5.41, 5.74) is 5.19. The van der Waals surface area contributed by atoms with Gasteiger partial charge in [-0.1, -0.05) is 18.2 Å². The Hall–Kier alpha value is -2.44. The molecule has 0 aliphatic rings. The van der Waals surface area contributed by atoms with Crippen LogP contribution in [-0.2, 0) is 11.2 Å². The molecule has 2 rings (SSSR count). The predicted molar refractivity (Wildman–Crippen MR) is 82.0 cm³/mol. The first-order chi connectivity index (χ1) is 10.2. The minimum Gasteiger partial charge on any atom is -0.384 e. The standard InChI is InChI=1S/C15H18N4O2/c1-21-9-7-11-4-2-3-5-13(11)18-15(20)14-10-12(19-16)6-8-17-14/h2-6,8,10H,7,9,16H2,1H3,(H,17,19)(H,18,20). The van der Waals surface area contributed by atoms with Gasteiger partial charge in [-0.3, -0.25) is 15.6 Å². The number of hydrazine groups is 1. The van der Waals surface area contributed by atoms with E-state index in [0.717, 1.165) is 17.7 Å². The van der Waals surface area contributed by atoms with Crippen LogP contribution in [0.4, 0.5) is 11.4 Å². The van der Waals surface area contributed by atoms with Gasteiger partial charge in [-0.25, -0.2) is 0 Å². The second-order valence-electron chi connectivity index (χ2n) is 4.43. The van der Waals surface area contributed by atoms with E-state index in [-0.39, 0.29) is 5.91 Å². The maximum atomic E-state index is 12.2. The number of nitrogens with two attached hydrogens (primary N) is 1. The molecule has 110 valence electrons. The number of amides is 1. The summed E-state index contributed by atoms with van der Waals surface area (Å²) in [6, 6.07) is 10.9. The molecule has 0 spiro atoms. The predicted octanol–water partition coefficient (Wildman–Crippen LogP) is 1.81. The molecular formula is C15H18N4O2. The first-order valence-corrected chi connectivity index (χ1v) is 6.55. The monoisotopic (exact) mass is 286 g/mol. The highest BCUT2D eigenvalue weighted by atomic mass is 16.5. The molecule has 1 amide bonds. The summed E-state index contributed by atoms with van der Waals surface area (Å²) < 4.78 is 5.07. The molecule has 0 unspecified atom stereocenters. The Bertz CT molecular complexity index is 616. The van der Waals surface area contributed by atoms with Gasteiger partial charge in [0, 0.05) is 19.0 Å². The van der Waals surface area contributed by atoms with Gasteiger partial charge in [0.2, 0.25) is 0 Å². The first kappa shape index (κ1) is 15.0.